The molecule has 1 heterocycles. The van der Waals surface area contributed by atoms with Gasteiger partial charge in [0.05, 0.1) is 5.02 Å². The number of urea groups is 1. The monoisotopic (exact) mass is 399 g/mol. The number of benzene rings is 1. The van der Waals surface area contributed by atoms with E-state index in [2.05, 4.69) is 10.6 Å². The van der Waals surface area contributed by atoms with Crippen molar-refractivity contribution in [2.75, 3.05) is 11.9 Å². The summed E-state index contributed by atoms with van der Waals surface area (Å²) in [6.45, 7) is 4.00. The highest BCUT2D eigenvalue weighted by atomic mass is 35.5. The lowest BCUT2D eigenvalue weighted by atomic mass is 9.99. The van der Waals surface area contributed by atoms with Gasteiger partial charge in [0.15, 0.2) is 6.10 Å². The third-order valence-corrected chi connectivity index (χ3v) is 4.49. The van der Waals surface area contributed by atoms with Crippen LogP contribution in [0.15, 0.2) is 18.2 Å². The molecule has 0 spiro atoms. The molecule has 0 aliphatic carbocycles. The third kappa shape index (κ3) is 4.54. The summed E-state index contributed by atoms with van der Waals surface area (Å²) in [6.07, 6.45) is -0.845. The van der Waals surface area contributed by atoms with Crippen LogP contribution < -0.4 is 10.6 Å². The lowest BCUT2D eigenvalue weighted by Crippen LogP contribution is -2.44. The van der Waals surface area contributed by atoms with Crippen molar-refractivity contribution in [3.8, 4) is 0 Å². The first kappa shape index (κ1) is 20.6. The van der Waals surface area contributed by atoms with E-state index in [4.69, 9.17) is 16.3 Å². The van der Waals surface area contributed by atoms with Gasteiger partial charge in [0, 0.05) is 5.69 Å². The van der Waals surface area contributed by atoms with Crippen LogP contribution in [-0.4, -0.2) is 46.9 Å². The Hall–Kier alpha value is -2.68. The van der Waals surface area contributed by atoms with Crippen molar-refractivity contribution in [2.45, 2.75) is 38.8 Å². The molecule has 27 heavy (non-hydrogen) atoms. The number of nitrogens with one attached hydrogen (secondary N) is 2. The summed E-state index contributed by atoms with van der Waals surface area (Å²) < 4.78 is 18.1. The fourth-order valence-corrected chi connectivity index (χ4v) is 2.55. The van der Waals surface area contributed by atoms with Gasteiger partial charge in [-0.3, -0.25) is 19.3 Å². The van der Waals surface area contributed by atoms with Crippen LogP contribution in [0.3, 0.4) is 0 Å². The molecule has 0 aromatic heterocycles. The average Bonchev–Trinajstić information content (AvgIpc) is 2.82. The normalized spacial score (nSPS) is 20.3. The first-order chi connectivity index (χ1) is 12.6. The van der Waals surface area contributed by atoms with Crippen molar-refractivity contribution < 1.29 is 28.3 Å². The maximum absolute atomic E-state index is 13.1. The number of hydrogen-bond donors (Lipinski definition) is 2. The Morgan fingerprint density at radius 1 is 1.41 bits per heavy atom. The van der Waals surface area contributed by atoms with Crippen molar-refractivity contribution in [3.05, 3.63) is 29.0 Å². The molecule has 2 atom stereocenters. The van der Waals surface area contributed by atoms with Crippen LogP contribution in [0.4, 0.5) is 14.9 Å². The standard InChI is InChI=1S/C17H19ClFN3O5/c1-4-17(3)15(25)22(16(26)21-17)8-13(23)27-9(2)14(24)20-10-5-6-12(19)11(18)7-10/h5-7,9H,4,8H2,1-3H3,(H,20,24)(H,21,26)/t9-,17+/m1/s1. The summed E-state index contributed by atoms with van der Waals surface area (Å²) >= 11 is 5.63. The van der Waals surface area contributed by atoms with Gasteiger partial charge >= 0.3 is 12.0 Å². The van der Waals surface area contributed by atoms with E-state index in [0.29, 0.717) is 6.42 Å². The number of hydrogen-bond acceptors (Lipinski definition) is 5. The first-order valence-corrected chi connectivity index (χ1v) is 8.54. The molecule has 1 aromatic carbocycles. The maximum Gasteiger partial charge on any atom is 0.327 e. The number of esters is 1. The molecule has 146 valence electrons. The summed E-state index contributed by atoms with van der Waals surface area (Å²) in [4.78, 5) is 48.9. The number of nitrogens with zero attached hydrogens (tertiary/aromatic N) is 1. The Kier molecular flexibility index (Phi) is 6.04. The molecular weight excluding hydrogens is 381 g/mol. The number of ether oxygens (including phenoxy) is 1. The Morgan fingerprint density at radius 3 is 2.63 bits per heavy atom. The highest BCUT2D eigenvalue weighted by Gasteiger charge is 2.47. The van der Waals surface area contributed by atoms with Crippen LogP contribution in [-0.2, 0) is 19.1 Å². The molecule has 0 bridgehead atoms. The number of anilines is 1. The second kappa shape index (κ2) is 7.91. The molecule has 8 nitrogen and oxygen atoms in total. The minimum atomic E-state index is -1.21. The highest BCUT2D eigenvalue weighted by molar-refractivity contribution is 6.31. The average molecular weight is 400 g/mol. The largest absolute Gasteiger partial charge is 0.451 e. The van der Waals surface area contributed by atoms with Crippen LogP contribution in [0, 0.1) is 5.82 Å². The van der Waals surface area contributed by atoms with E-state index in [9.17, 15) is 23.6 Å². The zero-order chi connectivity index (χ0) is 20.4. The Morgan fingerprint density at radius 2 is 2.07 bits per heavy atom. The summed E-state index contributed by atoms with van der Waals surface area (Å²) in [5.74, 6) is -2.77. The Bertz CT molecular complexity index is 803. The van der Waals surface area contributed by atoms with E-state index < -0.39 is 47.8 Å². The van der Waals surface area contributed by atoms with E-state index in [1.807, 2.05) is 0 Å². The fourth-order valence-electron chi connectivity index (χ4n) is 2.37. The fraction of sp³-hybridized carbons (Fsp3) is 0.412. The predicted octanol–water partition coefficient (Wildman–Crippen LogP) is 2.07. The van der Waals surface area contributed by atoms with Crippen LogP contribution in [0.5, 0.6) is 0 Å². The minimum absolute atomic E-state index is 0.171. The molecule has 0 unspecified atom stereocenters. The number of rotatable bonds is 6. The summed E-state index contributed by atoms with van der Waals surface area (Å²) in [5, 5.41) is 4.76. The topological polar surface area (TPSA) is 105 Å². The Balaban J connectivity index is 1.93. The summed E-state index contributed by atoms with van der Waals surface area (Å²) in [7, 11) is 0. The molecule has 1 saturated heterocycles. The second-order valence-electron chi connectivity index (χ2n) is 6.26. The van der Waals surface area contributed by atoms with Crippen LogP contribution in [0.2, 0.25) is 5.02 Å². The number of carbonyl (C=O) groups excluding carboxylic acids is 4. The number of carbonyl (C=O) groups is 4. The molecule has 0 radical (unpaired) electrons. The van der Waals surface area contributed by atoms with E-state index >= 15 is 0 Å². The minimum Gasteiger partial charge on any atom is -0.451 e. The number of imide groups is 1. The molecule has 1 aromatic rings. The van der Waals surface area contributed by atoms with Gasteiger partial charge in [0.1, 0.15) is 17.9 Å². The van der Waals surface area contributed by atoms with Crippen molar-refractivity contribution >= 4 is 41.1 Å². The van der Waals surface area contributed by atoms with Crippen molar-refractivity contribution in [1.29, 1.82) is 0 Å². The molecule has 0 saturated carbocycles. The predicted molar refractivity (Wildman–Crippen MR) is 94.5 cm³/mol. The molecule has 1 fully saturated rings. The van der Waals surface area contributed by atoms with Crippen molar-refractivity contribution in [3.63, 3.8) is 0 Å². The molecule has 10 heteroatoms. The van der Waals surface area contributed by atoms with Gasteiger partial charge in [-0.1, -0.05) is 18.5 Å². The SMILES string of the molecule is CC[C@]1(C)NC(=O)N(CC(=O)O[C@H](C)C(=O)Nc2ccc(F)c(Cl)c2)C1=O. The van der Waals surface area contributed by atoms with Gasteiger partial charge in [0.25, 0.3) is 11.8 Å². The third-order valence-electron chi connectivity index (χ3n) is 4.20. The van der Waals surface area contributed by atoms with Crippen LogP contribution in [0.25, 0.3) is 0 Å². The number of amides is 4. The Labute approximate surface area is 160 Å². The zero-order valence-corrected chi connectivity index (χ0v) is 15.7. The quantitative estimate of drug-likeness (QED) is 0.562. The van der Waals surface area contributed by atoms with E-state index in [-0.39, 0.29) is 10.7 Å². The number of halogens is 2. The lowest BCUT2D eigenvalue weighted by Gasteiger charge is -2.19. The molecule has 2 rings (SSSR count). The molecule has 1 aliphatic heterocycles. The van der Waals surface area contributed by atoms with E-state index in [0.717, 1.165) is 11.0 Å². The molecule has 4 amide bonds. The first-order valence-electron chi connectivity index (χ1n) is 8.17. The maximum atomic E-state index is 13.1. The van der Waals surface area contributed by atoms with Gasteiger partial charge < -0.3 is 15.4 Å². The molecule has 1 aliphatic rings. The van der Waals surface area contributed by atoms with Crippen LogP contribution >= 0.6 is 11.6 Å². The van der Waals surface area contributed by atoms with Crippen LogP contribution in [0.1, 0.15) is 27.2 Å². The van der Waals surface area contributed by atoms with Gasteiger partial charge in [-0.15, -0.1) is 0 Å². The van der Waals surface area contributed by atoms with E-state index in [1.165, 1.54) is 19.1 Å². The zero-order valence-electron chi connectivity index (χ0n) is 15.0. The van der Waals surface area contributed by atoms with Crippen molar-refractivity contribution in [1.82, 2.24) is 10.2 Å². The van der Waals surface area contributed by atoms with E-state index in [1.54, 1.807) is 13.8 Å². The molecule has 2 N–H and O–H groups in total. The second-order valence-corrected chi connectivity index (χ2v) is 6.66. The summed E-state index contributed by atoms with van der Waals surface area (Å²) in [6, 6.07) is 2.89. The van der Waals surface area contributed by atoms with Gasteiger partial charge in [0.2, 0.25) is 0 Å². The van der Waals surface area contributed by atoms with Gasteiger partial charge in [-0.25, -0.2) is 9.18 Å². The van der Waals surface area contributed by atoms with Gasteiger partial charge in [-0.05, 0) is 38.5 Å². The smallest absolute Gasteiger partial charge is 0.327 e. The van der Waals surface area contributed by atoms with Gasteiger partial charge in [-0.2, -0.15) is 0 Å². The highest BCUT2D eigenvalue weighted by Crippen LogP contribution is 2.21. The lowest BCUT2D eigenvalue weighted by molar-refractivity contribution is -0.155. The van der Waals surface area contributed by atoms with Crippen molar-refractivity contribution in [2.24, 2.45) is 0 Å². The summed E-state index contributed by atoms with van der Waals surface area (Å²) in [5.41, 5.74) is -0.843. The molecular formula is C17H19ClFN3O5.